The van der Waals surface area contributed by atoms with Crippen LogP contribution in [0.3, 0.4) is 0 Å². The van der Waals surface area contributed by atoms with E-state index in [1.54, 1.807) is 5.32 Å². The first-order valence-corrected chi connectivity index (χ1v) is 8.55. The normalized spacial score (nSPS) is 13.2. The number of anilines is 1. The van der Waals surface area contributed by atoms with Gasteiger partial charge in [0, 0.05) is 11.8 Å². The summed E-state index contributed by atoms with van der Waals surface area (Å²) >= 11 is 0. The number of ether oxygens (including phenoxy) is 2. The van der Waals surface area contributed by atoms with Gasteiger partial charge in [-0.25, -0.2) is 9.78 Å². The summed E-state index contributed by atoms with van der Waals surface area (Å²) < 4.78 is 52.0. The number of esters is 1. The molecule has 156 valence electrons. The summed E-state index contributed by atoms with van der Waals surface area (Å²) in [5, 5.41) is 3.80. The molecule has 1 amide bonds. The molecular formula is C19H20F3N3O4. The van der Waals surface area contributed by atoms with Crippen molar-refractivity contribution >= 4 is 17.7 Å². The number of alkyl halides is 3. The fourth-order valence-corrected chi connectivity index (χ4v) is 2.41. The molecule has 0 saturated heterocycles. The number of aryl methyl sites for hydroxylation is 1. The molecule has 1 aromatic heterocycles. The standard InChI is InChI=1S/C19H20F3N3O4/c1-4-29-17(27)18(19(20,21)22,24-15-12(2)6-5-11-23-15)25-16(26)13-7-9-14(28-3)10-8-13/h5-11H,4H2,1-3H3,(H,23,24)(H,25,26). The van der Waals surface area contributed by atoms with Crippen molar-refractivity contribution in [2.45, 2.75) is 25.7 Å². The van der Waals surface area contributed by atoms with Crippen molar-refractivity contribution < 1.29 is 32.2 Å². The number of nitrogens with zero attached hydrogens (tertiary/aromatic N) is 1. The zero-order valence-corrected chi connectivity index (χ0v) is 16.0. The highest BCUT2D eigenvalue weighted by atomic mass is 19.4. The lowest BCUT2D eigenvalue weighted by molar-refractivity contribution is -0.204. The second-order valence-corrected chi connectivity index (χ2v) is 5.94. The van der Waals surface area contributed by atoms with Crippen LogP contribution in [0.2, 0.25) is 0 Å². The van der Waals surface area contributed by atoms with Crippen LogP contribution in [0.5, 0.6) is 5.75 Å². The summed E-state index contributed by atoms with van der Waals surface area (Å²) in [4.78, 5) is 28.8. The molecule has 10 heteroatoms. The number of carbonyl (C=O) groups is 2. The summed E-state index contributed by atoms with van der Waals surface area (Å²) in [7, 11) is 1.41. The van der Waals surface area contributed by atoms with Crippen molar-refractivity contribution in [3.63, 3.8) is 0 Å². The maximum atomic E-state index is 14.1. The Balaban J connectivity index is 2.50. The number of halogens is 3. The van der Waals surface area contributed by atoms with E-state index in [2.05, 4.69) is 9.72 Å². The van der Waals surface area contributed by atoms with Gasteiger partial charge in [-0.3, -0.25) is 4.79 Å². The van der Waals surface area contributed by atoms with Crippen molar-refractivity contribution in [3.8, 4) is 5.75 Å². The fraction of sp³-hybridized carbons (Fsp3) is 0.316. The van der Waals surface area contributed by atoms with E-state index in [1.807, 2.05) is 5.32 Å². The van der Waals surface area contributed by atoms with Gasteiger partial charge < -0.3 is 20.1 Å². The Morgan fingerprint density at radius 3 is 2.31 bits per heavy atom. The molecular weight excluding hydrogens is 391 g/mol. The van der Waals surface area contributed by atoms with Crippen LogP contribution in [0, 0.1) is 6.92 Å². The Labute approximate surface area is 165 Å². The molecule has 29 heavy (non-hydrogen) atoms. The maximum Gasteiger partial charge on any atom is 0.441 e. The largest absolute Gasteiger partial charge is 0.497 e. The Morgan fingerprint density at radius 1 is 1.14 bits per heavy atom. The van der Waals surface area contributed by atoms with Crippen LogP contribution in [0.15, 0.2) is 42.6 Å². The molecule has 0 aliphatic heterocycles. The van der Waals surface area contributed by atoms with Gasteiger partial charge in [-0.1, -0.05) is 6.07 Å². The van der Waals surface area contributed by atoms with Gasteiger partial charge in [-0.2, -0.15) is 13.2 Å². The molecule has 1 atom stereocenters. The number of pyridine rings is 1. The second kappa shape index (κ2) is 8.80. The second-order valence-electron chi connectivity index (χ2n) is 5.94. The number of hydrogen-bond acceptors (Lipinski definition) is 6. The lowest BCUT2D eigenvalue weighted by atomic mass is 10.1. The lowest BCUT2D eigenvalue weighted by Gasteiger charge is -2.35. The van der Waals surface area contributed by atoms with Crippen LogP contribution >= 0.6 is 0 Å². The average molecular weight is 411 g/mol. The smallest absolute Gasteiger partial charge is 0.441 e. The van der Waals surface area contributed by atoms with E-state index in [0.29, 0.717) is 11.3 Å². The van der Waals surface area contributed by atoms with Gasteiger partial charge in [-0.05, 0) is 49.7 Å². The van der Waals surface area contributed by atoms with E-state index in [-0.39, 0.29) is 18.0 Å². The third kappa shape index (κ3) is 4.76. The molecule has 0 radical (unpaired) electrons. The van der Waals surface area contributed by atoms with Crippen molar-refractivity contribution in [2.75, 3.05) is 19.0 Å². The van der Waals surface area contributed by atoms with Gasteiger partial charge in [-0.15, -0.1) is 0 Å². The molecule has 2 N–H and O–H groups in total. The molecule has 2 aromatic rings. The molecule has 7 nitrogen and oxygen atoms in total. The van der Waals surface area contributed by atoms with Gasteiger partial charge in [0.1, 0.15) is 11.6 Å². The van der Waals surface area contributed by atoms with Crippen LogP contribution < -0.4 is 15.4 Å². The average Bonchev–Trinajstić information content (AvgIpc) is 2.68. The van der Waals surface area contributed by atoms with Gasteiger partial charge in [0.25, 0.3) is 5.91 Å². The number of methoxy groups -OCH3 is 1. The van der Waals surface area contributed by atoms with E-state index in [9.17, 15) is 22.8 Å². The molecule has 0 saturated carbocycles. The molecule has 1 unspecified atom stereocenters. The number of benzene rings is 1. The number of amides is 1. The molecule has 0 spiro atoms. The maximum absolute atomic E-state index is 14.1. The number of carbonyl (C=O) groups excluding carboxylic acids is 2. The Morgan fingerprint density at radius 2 is 1.79 bits per heavy atom. The Bertz CT molecular complexity index is 872. The molecule has 1 heterocycles. The summed E-state index contributed by atoms with van der Waals surface area (Å²) in [5.74, 6) is -2.66. The predicted octanol–water partition coefficient (Wildman–Crippen LogP) is 3.06. The van der Waals surface area contributed by atoms with Crippen molar-refractivity contribution in [2.24, 2.45) is 0 Å². The molecule has 0 aliphatic rings. The third-order valence-electron chi connectivity index (χ3n) is 3.98. The zero-order valence-electron chi connectivity index (χ0n) is 16.0. The first kappa shape index (κ1) is 22.0. The van der Waals surface area contributed by atoms with Gasteiger partial charge in [0.05, 0.1) is 13.7 Å². The highest BCUT2D eigenvalue weighted by Crippen LogP contribution is 2.33. The highest BCUT2D eigenvalue weighted by molar-refractivity contribution is 5.99. The monoisotopic (exact) mass is 411 g/mol. The van der Waals surface area contributed by atoms with Crippen LogP contribution in [0.25, 0.3) is 0 Å². The summed E-state index contributed by atoms with van der Waals surface area (Å²) in [6.45, 7) is 2.54. The van der Waals surface area contributed by atoms with Crippen molar-refractivity contribution in [1.29, 1.82) is 0 Å². The quantitative estimate of drug-likeness (QED) is 0.538. The molecule has 2 rings (SSSR count). The minimum atomic E-state index is -5.24. The van der Waals surface area contributed by atoms with Gasteiger partial charge >= 0.3 is 17.8 Å². The van der Waals surface area contributed by atoms with Crippen LogP contribution in [0.4, 0.5) is 19.0 Å². The molecule has 0 bridgehead atoms. The molecule has 0 fully saturated rings. The summed E-state index contributed by atoms with van der Waals surface area (Å²) in [5.41, 5.74) is -3.31. The van der Waals surface area contributed by atoms with E-state index < -0.39 is 23.7 Å². The summed E-state index contributed by atoms with van der Waals surface area (Å²) in [6, 6.07) is 8.39. The summed E-state index contributed by atoms with van der Waals surface area (Å²) in [6.07, 6.45) is -3.99. The predicted molar refractivity (Wildman–Crippen MR) is 98.5 cm³/mol. The van der Waals surface area contributed by atoms with E-state index in [0.717, 1.165) is 0 Å². The number of hydrogen-bond donors (Lipinski definition) is 2. The van der Waals surface area contributed by atoms with Crippen LogP contribution in [-0.4, -0.2) is 42.4 Å². The van der Waals surface area contributed by atoms with Crippen LogP contribution in [0.1, 0.15) is 22.8 Å². The minimum Gasteiger partial charge on any atom is -0.497 e. The lowest BCUT2D eigenvalue weighted by Crippen LogP contribution is -2.69. The van der Waals surface area contributed by atoms with Crippen LogP contribution in [-0.2, 0) is 9.53 Å². The first-order chi connectivity index (χ1) is 13.6. The van der Waals surface area contributed by atoms with Gasteiger partial charge in [0.15, 0.2) is 0 Å². The first-order valence-electron chi connectivity index (χ1n) is 8.55. The molecule has 1 aromatic carbocycles. The number of aromatic nitrogens is 1. The zero-order chi connectivity index (χ0) is 21.7. The SMILES string of the molecule is CCOC(=O)C(NC(=O)c1ccc(OC)cc1)(Nc1ncccc1C)C(F)(F)F. The fourth-order valence-electron chi connectivity index (χ4n) is 2.41. The topological polar surface area (TPSA) is 89.5 Å². The van der Waals surface area contributed by atoms with E-state index in [1.165, 1.54) is 63.6 Å². The number of nitrogens with one attached hydrogen (secondary N) is 2. The van der Waals surface area contributed by atoms with E-state index >= 15 is 0 Å². The third-order valence-corrected chi connectivity index (χ3v) is 3.98. The Hall–Kier alpha value is -3.30. The molecule has 0 aliphatic carbocycles. The Kier molecular flexibility index (Phi) is 6.68. The minimum absolute atomic E-state index is 0.108. The van der Waals surface area contributed by atoms with E-state index in [4.69, 9.17) is 4.74 Å². The number of rotatable bonds is 7. The van der Waals surface area contributed by atoms with Crippen molar-refractivity contribution in [3.05, 3.63) is 53.7 Å². The van der Waals surface area contributed by atoms with Crippen molar-refractivity contribution in [1.82, 2.24) is 10.3 Å². The van der Waals surface area contributed by atoms with Gasteiger partial charge in [0.2, 0.25) is 0 Å². The highest BCUT2D eigenvalue weighted by Gasteiger charge is 2.64.